The van der Waals surface area contributed by atoms with Crippen molar-refractivity contribution >= 4 is 30.3 Å². The van der Waals surface area contributed by atoms with Gasteiger partial charge in [0, 0.05) is 19.6 Å². The van der Waals surface area contributed by atoms with Crippen molar-refractivity contribution in [1.82, 2.24) is 0 Å². The zero-order chi connectivity index (χ0) is 28.1. The number of rotatable bonds is 16. The van der Waals surface area contributed by atoms with Crippen LogP contribution in [0.3, 0.4) is 0 Å². The molecule has 0 spiro atoms. The number of hydrogen-bond donors (Lipinski definition) is 2. The summed E-state index contributed by atoms with van der Waals surface area (Å²) in [5, 5.41) is 23.2. The molecule has 0 aliphatic heterocycles. The fourth-order valence-corrected chi connectivity index (χ4v) is 10.1. The van der Waals surface area contributed by atoms with E-state index in [-0.39, 0.29) is 11.5 Å². The van der Waals surface area contributed by atoms with Crippen LogP contribution in [0.2, 0.25) is 5.04 Å². The Morgan fingerprint density at radius 2 is 1.26 bits per heavy atom. The predicted octanol–water partition coefficient (Wildman–Crippen LogP) is 6.06. The van der Waals surface area contributed by atoms with Gasteiger partial charge in [-0.15, -0.1) is 11.6 Å². The van der Waals surface area contributed by atoms with E-state index in [0.717, 1.165) is 12.0 Å². The minimum Gasteiger partial charge on any atom is -0.407 e. The molecular weight excluding hydrogens is 524 g/mol. The molecule has 0 aliphatic rings. The number of aliphatic hydroxyl groups excluding tert-OH is 2. The van der Waals surface area contributed by atoms with Gasteiger partial charge in [0.25, 0.3) is 8.32 Å². The van der Waals surface area contributed by atoms with Crippen LogP contribution in [0.25, 0.3) is 0 Å². The Kier molecular flexibility index (Phi) is 12.7. The highest BCUT2D eigenvalue weighted by Gasteiger charge is 2.49. The molecule has 0 amide bonds. The average molecular weight is 569 g/mol. The summed E-state index contributed by atoms with van der Waals surface area (Å²) in [6, 6.07) is 31.2. The lowest BCUT2D eigenvalue weighted by molar-refractivity contribution is 0.0646. The normalized spacial score (nSPS) is 14.6. The first-order chi connectivity index (χ1) is 18.7. The van der Waals surface area contributed by atoms with E-state index in [9.17, 15) is 10.2 Å². The number of ether oxygens (including phenoxy) is 1. The molecule has 0 unspecified atom stereocenters. The second-order valence-corrected chi connectivity index (χ2v) is 16.2. The third-order valence-corrected chi connectivity index (χ3v) is 12.8. The topological polar surface area (TPSA) is 58.9 Å². The number of hydrogen-bond acceptors (Lipinski definition) is 4. The lowest BCUT2D eigenvalue weighted by Crippen LogP contribution is -2.66. The highest BCUT2D eigenvalue weighted by atomic mass is 35.5. The summed E-state index contributed by atoms with van der Waals surface area (Å²) in [7, 11) is -2.58. The van der Waals surface area contributed by atoms with E-state index >= 15 is 0 Å². The highest BCUT2D eigenvalue weighted by Crippen LogP contribution is 2.36. The lowest BCUT2D eigenvalue weighted by Gasteiger charge is -2.43. The van der Waals surface area contributed by atoms with Gasteiger partial charge in [-0.1, -0.05) is 112 Å². The smallest absolute Gasteiger partial charge is 0.261 e. The Labute approximate surface area is 241 Å². The molecule has 3 aromatic carbocycles. The van der Waals surface area contributed by atoms with Crippen LogP contribution in [-0.2, 0) is 15.8 Å². The van der Waals surface area contributed by atoms with E-state index in [0.29, 0.717) is 39.1 Å². The summed E-state index contributed by atoms with van der Waals surface area (Å²) in [6.07, 6.45) is 1.55. The van der Waals surface area contributed by atoms with Gasteiger partial charge in [0.2, 0.25) is 0 Å². The predicted molar refractivity (Wildman–Crippen MR) is 164 cm³/mol. The van der Waals surface area contributed by atoms with Crippen molar-refractivity contribution in [3.05, 3.63) is 96.6 Å². The number of alkyl halides is 1. The Hall–Kier alpha value is -1.99. The van der Waals surface area contributed by atoms with Gasteiger partial charge in [-0.05, 0) is 46.7 Å². The Morgan fingerprint density at radius 1 is 0.744 bits per heavy atom. The number of aliphatic hydroxyl groups is 2. The van der Waals surface area contributed by atoms with Crippen LogP contribution in [0, 0.1) is 0 Å². The molecule has 6 heteroatoms. The quantitative estimate of drug-likeness (QED) is 0.125. The van der Waals surface area contributed by atoms with Crippen molar-refractivity contribution in [3.8, 4) is 0 Å². The van der Waals surface area contributed by atoms with Crippen molar-refractivity contribution in [2.45, 2.75) is 82.1 Å². The van der Waals surface area contributed by atoms with Crippen LogP contribution in [0.5, 0.6) is 0 Å². The molecule has 0 saturated heterocycles. The molecular formula is C33H45ClO4Si. The summed E-state index contributed by atoms with van der Waals surface area (Å²) < 4.78 is 12.6. The van der Waals surface area contributed by atoms with Gasteiger partial charge >= 0.3 is 0 Å². The molecule has 0 saturated carbocycles. The van der Waals surface area contributed by atoms with Crippen LogP contribution in [0.1, 0.15) is 58.4 Å². The standard InChI is InChI=1S/C33H45ClO4Si/c1-33(2,3)39(29-18-9-5-10-19-29,30-20-11-6-12-21-30)38-24-13-17-28(35)25-32(36)31(34)22-14-23-37-26-27-15-7-4-8-16-27/h4-12,15-16,18-21,28,31-32,35-36H,13-14,17,22-26H2,1-3H3/t28-,31+,32-/m0/s1. The van der Waals surface area contributed by atoms with Crippen molar-refractivity contribution in [3.63, 3.8) is 0 Å². The fraction of sp³-hybridized carbons (Fsp3) is 0.455. The molecule has 2 N–H and O–H groups in total. The molecule has 0 aliphatic carbocycles. The molecule has 0 aromatic heterocycles. The third-order valence-electron chi connectivity index (χ3n) is 7.23. The van der Waals surface area contributed by atoms with Gasteiger partial charge in [-0.2, -0.15) is 0 Å². The van der Waals surface area contributed by atoms with E-state index < -0.39 is 25.9 Å². The number of halogens is 1. The first-order valence-electron chi connectivity index (χ1n) is 14.1. The van der Waals surface area contributed by atoms with Crippen molar-refractivity contribution in [2.24, 2.45) is 0 Å². The molecule has 0 radical (unpaired) electrons. The fourth-order valence-electron chi connectivity index (χ4n) is 5.19. The van der Waals surface area contributed by atoms with E-state index in [1.54, 1.807) is 0 Å². The van der Waals surface area contributed by atoms with Crippen LogP contribution in [0.15, 0.2) is 91.0 Å². The summed E-state index contributed by atoms with van der Waals surface area (Å²) >= 11 is 6.44. The highest BCUT2D eigenvalue weighted by molar-refractivity contribution is 6.99. The summed E-state index contributed by atoms with van der Waals surface area (Å²) in [5.41, 5.74) is 1.14. The summed E-state index contributed by atoms with van der Waals surface area (Å²) in [4.78, 5) is 0. The maximum absolute atomic E-state index is 10.6. The van der Waals surface area contributed by atoms with E-state index in [2.05, 4.69) is 69.3 Å². The zero-order valence-electron chi connectivity index (χ0n) is 23.6. The maximum atomic E-state index is 10.6. The van der Waals surface area contributed by atoms with Crippen LogP contribution >= 0.6 is 11.6 Å². The molecule has 0 bridgehead atoms. The Balaban J connectivity index is 1.46. The van der Waals surface area contributed by atoms with Gasteiger partial charge < -0.3 is 19.4 Å². The van der Waals surface area contributed by atoms with Gasteiger partial charge in [0.1, 0.15) is 0 Å². The second kappa shape index (κ2) is 15.7. The molecule has 3 rings (SSSR count). The molecule has 39 heavy (non-hydrogen) atoms. The van der Waals surface area contributed by atoms with Gasteiger partial charge in [0.15, 0.2) is 0 Å². The molecule has 0 fully saturated rings. The average Bonchev–Trinajstić information content (AvgIpc) is 2.93. The third kappa shape index (κ3) is 9.27. The van der Waals surface area contributed by atoms with E-state index in [1.807, 2.05) is 42.5 Å². The first-order valence-corrected chi connectivity index (χ1v) is 16.5. The molecule has 4 nitrogen and oxygen atoms in total. The molecule has 3 aromatic rings. The van der Waals surface area contributed by atoms with Crippen molar-refractivity contribution in [1.29, 1.82) is 0 Å². The van der Waals surface area contributed by atoms with Gasteiger partial charge in [-0.25, -0.2) is 0 Å². The monoisotopic (exact) mass is 568 g/mol. The first kappa shape index (κ1) is 31.5. The van der Waals surface area contributed by atoms with Crippen LogP contribution in [0.4, 0.5) is 0 Å². The minimum absolute atomic E-state index is 0.0822. The maximum Gasteiger partial charge on any atom is 0.261 e. The zero-order valence-corrected chi connectivity index (χ0v) is 25.4. The van der Waals surface area contributed by atoms with Crippen LogP contribution < -0.4 is 10.4 Å². The van der Waals surface area contributed by atoms with E-state index in [4.69, 9.17) is 20.8 Å². The minimum atomic E-state index is -2.58. The second-order valence-electron chi connectivity index (χ2n) is 11.3. The molecule has 3 atom stereocenters. The van der Waals surface area contributed by atoms with Crippen molar-refractivity contribution in [2.75, 3.05) is 13.2 Å². The summed E-state index contributed by atoms with van der Waals surface area (Å²) in [5.74, 6) is 0. The van der Waals surface area contributed by atoms with Gasteiger partial charge in [-0.3, -0.25) is 0 Å². The van der Waals surface area contributed by atoms with E-state index in [1.165, 1.54) is 10.4 Å². The Morgan fingerprint density at radius 3 is 1.79 bits per heavy atom. The molecule has 212 valence electrons. The lowest BCUT2D eigenvalue weighted by atomic mass is 10.0. The SMILES string of the molecule is CC(C)(C)[Si](OCCC[C@H](O)C[C@H](O)[C@H](Cl)CCCOCc1ccccc1)(c1ccccc1)c1ccccc1. The summed E-state index contributed by atoms with van der Waals surface area (Å²) in [6.45, 7) is 8.49. The largest absolute Gasteiger partial charge is 0.407 e. The van der Waals surface area contributed by atoms with Crippen LogP contribution in [-0.4, -0.2) is 49.3 Å². The van der Waals surface area contributed by atoms with Crippen molar-refractivity contribution < 1.29 is 19.4 Å². The van der Waals surface area contributed by atoms with Gasteiger partial charge in [0.05, 0.1) is 24.2 Å². The molecule has 0 heterocycles. The Bertz CT molecular complexity index is 1020. The number of benzene rings is 3.